The van der Waals surface area contributed by atoms with Crippen LogP contribution >= 0.6 is 0 Å². The lowest BCUT2D eigenvalue weighted by atomic mass is 9.85. The van der Waals surface area contributed by atoms with Gasteiger partial charge in [0.05, 0.1) is 0 Å². The Labute approximate surface area is 336 Å². The molecule has 1 aromatic heterocycles. The summed E-state index contributed by atoms with van der Waals surface area (Å²) in [6.45, 7) is 0. The molecule has 1 heterocycles. The molecule has 0 fully saturated rings. The molecular weight excluding hydrogens is 703 g/mol. The molecule has 0 amide bonds. The summed E-state index contributed by atoms with van der Waals surface area (Å²) in [7, 11) is 0. The minimum atomic E-state index is 0.640. The van der Waals surface area contributed by atoms with Crippen molar-refractivity contribution >= 4 is 43.1 Å². The van der Waals surface area contributed by atoms with Gasteiger partial charge in [0, 0.05) is 16.7 Å². The number of hydrogen-bond acceptors (Lipinski definition) is 3. The van der Waals surface area contributed by atoms with Gasteiger partial charge in [-0.25, -0.2) is 15.0 Å². The third kappa shape index (κ3) is 5.98. The lowest BCUT2D eigenvalue weighted by Gasteiger charge is -2.18. The molecule has 0 saturated heterocycles. The fourth-order valence-corrected chi connectivity index (χ4v) is 8.41. The molecule has 0 spiro atoms. The van der Waals surface area contributed by atoms with E-state index in [2.05, 4.69) is 182 Å². The largest absolute Gasteiger partial charge is 0.208 e. The Morgan fingerprint density at radius 2 is 0.534 bits per heavy atom. The van der Waals surface area contributed by atoms with E-state index in [4.69, 9.17) is 15.0 Å². The van der Waals surface area contributed by atoms with E-state index in [0.29, 0.717) is 17.5 Å². The highest BCUT2D eigenvalue weighted by molar-refractivity contribution is 6.21. The summed E-state index contributed by atoms with van der Waals surface area (Å²) >= 11 is 0. The van der Waals surface area contributed by atoms with E-state index in [1.165, 1.54) is 65.5 Å². The van der Waals surface area contributed by atoms with Crippen LogP contribution in [0.5, 0.6) is 0 Å². The van der Waals surface area contributed by atoms with E-state index in [9.17, 15) is 0 Å². The zero-order valence-electron chi connectivity index (χ0n) is 31.5. The molecule has 270 valence electrons. The molecule has 58 heavy (non-hydrogen) atoms. The molecule has 3 heteroatoms. The van der Waals surface area contributed by atoms with Gasteiger partial charge >= 0.3 is 0 Å². The predicted octanol–water partition coefficient (Wildman–Crippen LogP) is 14.5. The Kier molecular flexibility index (Phi) is 8.15. The average molecular weight is 738 g/mol. The van der Waals surface area contributed by atoms with Crippen LogP contribution in [-0.4, -0.2) is 15.0 Å². The maximum atomic E-state index is 5.07. The Balaban J connectivity index is 1.01. The Bertz CT molecular complexity index is 3260. The first-order chi connectivity index (χ1) is 28.7. The van der Waals surface area contributed by atoms with E-state index < -0.39 is 0 Å². The van der Waals surface area contributed by atoms with Gasteiger partial charge in [-0.2, -0.15) is 0 Å². The van der Waals surface area contributed by atoms with Crippen LogP contribution < -0.4 is 0 Å². The lowest BCUT2D eigenvalue weighted by molar-refractivity contribution is 1.07. The van der Waals surface area contributed by atoms with Crippen LogP contribution in [-0.2, 0) is 0 Å². The molecule has 11 aromatic rings. The first-order valence-electron chi connectivity index (χ1n) is 19.7. The van der Waals surface area contributed by atoms with Crippen molar-refractivity contribution in [1.82, 2.24) is 15.0 Å². The number of hydrogen-bond donors (Lipinski definition) is 0. The molecule has 10 aromatic carbocycles. The summed E-state index contributed by atoms with van der Waals surface area (Å²) in [5.74, 6) is 1.94. The van der Waals surface area contributed by atoms with Gasteiger partial charge in [0.15, 0.2) is 17.5 Å². The van der Waals surface area contributed by atoms with Crippen LogP contribution in [0.2, 0.25) is 0 Å². The molecule has 3 nitrogen and oxygen atoms in total. The second-order valence-electron chi connectivity index (χ2n) is 14.8. The summed E-state index contributed by atoms with van der Waals surface area (Å²) in [6, 6.07) is 75.5. The molecule has 0 aliphatic carbocycles. The third-order valence-corrected chi connectivity index (χ3v) is 11.3. The van der Waals surface area contributed by atoms with E-state index in [0.717, 1.165) is 27.6 Å². The smallest absolute Gasteiger partial charge is 0.164 e. The van der Waals surface area contributed by atoms with Crippen LogP contribution in [0, 0.1) is 0 Å². The zero-order valence-corrected chi connectivity index (χ0v) is 31.5. The summed E-state index contributed by atoms with van der Waals surface area (Å²) < 4.78 is 0. The van der Waals surface area contributed by atoms with Crippen molar-refractivity contribution in [2.45, 2.75) is 0 Å². The first kappa shape index (κ1) is 33.6. The van der Waals surface area contributed by atoms with Gasteiger partial charge in [0.25, 0.3) is 0 Å². The van der Waals surface area contributed by atoms with E-state index in [1.807, 2.05) is 30.3 Å². The molecule has 0 saturated carbocycles. The third-order valence-electron chi connectivity index (χ3n) is 11.3. The Morgan fingerprint density at radius 3 is 1.03 bits per heavy atom. The van der Waals surface area contributed by atoms with Crippen LogP contribution in [0.1, 0.15) is 0 Å². The van der Waals surface area contributed by atoms with Gasteiger partial charge in [-0.05, 0) is 88.6 Å². The van der Waals surface area contributed by atoms with Gasteiger partial charge < -0.3 is 0 Å². The lowest BCUT2D eigenvalue weighted by Crippen LogP contribution is -2.00. The second kappa shape index (κ2) is 14.1. The van der Waals surface area contributed by atoms with Crippen molar-refractivity contribution in [2.75, 3.05) is 0 Å². The standard InChI is InChI=1S/C55H35N3/c1-2-14-41(15-3-1)53-56-54(58-55(57-53)46-33-25-37-13-5-7-17-44(37)35-46)42-30-28-40(29-31-42)52-49-20-10-8-18-47(49)51(48-19-9-11-21-50(48)52)39-26-22-38(23-27-39)45-32-24-36-12-4-6-16-43(36)34-45/h1-35H. The van der Waals surface area contributed by atoms with Gasteiger partial charge in [0.2, 0.25) is 0 Å². The topological polar surface area (TPSA) is 38.7 Å². The monoisotopic (exact) mass is 737 g/mol. The number of benzene rings is 10. The van der Waals surface area contributed by atoms with Crippen molar-refractivity contribution in [3.05, 3.63) is 212 Å². The van der Waals surface area contributed by atoms with Crippen molar-refractivity contribution in [3.8, 4) is 67.5 Å². The molecule has 0 radical (unpaired) electrons. The highest BCUT2D eigenvalue weighted by Crippen LogP contribution is 2.44. The second-order valence-corrected chi connectivity index (χ2v) is 14.8. The quantitative estimate of drug-likeness (QED) is 0.160. The average Bonchev–Trinajstić information content (AvgIpc) is 3.30. The summed E-state index contributed by atoms with van der Waals surface area (Å²) in [6.07, 6.45) is 0. The Hall–Kier alpha value is -7.75. The fraction of sp³-hybridized carbons (Fsp3) is 0. The van der Waals surface area contributed by atoms with Crippen molar-refractivity contribution in [3.63, 3.8) is 0 Å². The fourth-order valence-electron chi connectivity index (χ4n) is 8.41. The van der Waals surface area contributed by atoms with E-state index in [-0.39, 0.29) is 0 Å². The molecule has 0 unspecified atom stereocenters. The van der Waals surface area contributed by atoms with Crippen LogP contribution in [0.3, 0.4) is 0 Å². The van der Waals surface area contributed by atoms with Gasteiger partial charge in [-0.15, -0.1) is 0 Å². The van der Waals surface area contributed by atoms with Crippen molar-refractivity contribution in [2.24, 2.45) is 0 Å². The highest BCUT2D eigenvalue weighted by atomic mass is 15.0. The molecule has 0 atom stereocenters. The zero-order chi connectivity index (χ0) is 38.4. The van der Waals surface area contributed by atoms with E-state index in [1.54, 1.807) is 0 Å². The molecule has 0 bridgehead atoms. The van der Waals surface area contributed by atoms with Crippen LogP contribution in [0.25, 0.3) is 111 Å². The maximum Gasteiger partial charge on any atom is 0.164 e. The number of nitrogens with zero attached hydrogens (tertiary/aromatic N) is 3. The van der Waals surface area contributed by atoms with Gasteiger partial charge in [0.1, 0.15) is 0 Å². The number of aromatic nitrogens is 3. The van der Waals surface area contributed by atoms with E-state index >= 15 is 0 Å². The van der Waals surface area contributed by atoms with Gasteiger partial charge in [-0.1, -0.05) is 200 Å². The summed E-state index contributed by atoms with van der Waals surface area (Å²) in [5, 5.41) is 9.72. The predicted molar refractivity (Wildman–Crippen MR) is 242 cm³/mol. The van der Waals surface area contributed by atoms with Crippen LogP contribution in [0.4, 0.5) is 0 Å². The molecule has 0 N–H and O–H groups in total. The minimum Gasteiger partial charge on any atom is -0.208 e. The maximum absolute atomic E-state index is 5.07. The SMILES string of the molecule is c1ccc(-c2nc(-c3ccc(-c4c5ccccc5c(-c5ccc(-c6ccc7ccccc7c6)cc5)c5ccccc45)cc3)nc(-c3ccc4ccccc4c3)n2)cc1. The molecular formula is C55H35N3. The summed E-state index contributed by atoms with van der Waals surface area (Å²) in [4.78, 5) is 15.1. The minimum absolute atomic E-state index is 0.640. The molecule has 0 aliphatic rings. The molecule has 0 aliphatic heterocycles. The number of rotatable bonds is 6. The summed E-state index contributed by atoms with van der Waals surface area (Å²) in [5.41, 5.74) is 10.1. The van der Waals surface area contributed by atoms with Crippen molar-refractivity contribution in [1.29, 1.82) is 0 Å². The van der Waals surface area contributed by atoms with Crippen molar-refractivity contribution < 1.29 is 0 Å². The Morgan fingerprint density at radius 1 is 0.207 bits per heavy atom. The highest BCUT2D eigenvalue weighted by Gasteiger charge is 2.18. The normalized spacial score (nSPS) is 11.4. The molecule has 11 rings (SSSR count). The van der Waals surface area contributed by atoms with Gasteiger partial charge in [-0.3, -0.25) is 0 Å². The number of fused-ring (bicyclic) bond motifs is 4. The first-order valence-corrected chi connectivity index (χ1v) is 19.7. The van der Waals surface area contributed by atoms with Crippen LogP contribution in [0.15, 0.2) is 212 Å².